The van der Waals surface area contributed by atoms with E-state index in [-0.39, 0.29) is 5.91 Å². The van der Waals surface area contributed by atoms with Crippen molar-refractivity contribution in [3.63, 3.8) is 0 Å². The number of benzene rings is 1. The normalized spacial score (nSPS) is 14.7. The van der Waals surface area contributed by atoms with Gasteiger partial charge in [-0.2, -0.15) is 0 Å². The maximum Gasteiger partial charge on any atom is 0.257 e. The zero-order valence-electron chi connectivity index (χ0n) is 17.8. The first-order chi connectivity index (χ1) is 14.7. The molecule has 1 fully saturated rings. The van der Waals surface area contributed by atoms with Crippen LogP contribution in [0.15, 0.2) is 37.1 Å². The van der Waals surface area contributed by atoms with Crippen LogP contribution in [-0.4, -0.2) is 50.0 Å². The minimum absolute atomic E-state index is 0.0787. The Morgan fingerprint density at radius 3 is 2.80 bits per heavy atom. The fraction of sp³-hybridized carbons (Fsp3) is 0.478. The number of ether oxygens (including phenoxy) is 1. The molecule has 4 rings (SSSR count). The molecule has 0 bridgehead atoms. The van der Waals surface area contributed by atoms with Crippen molar-refractivity contribution in [3.05, 3.63) is 48.2 Å². The second kappa shape index (κ2) is 9.24. The quantitative estimate of drug-likeness (QED) is 0.591. The lowest BCUT2D eigenvalue weighted by Crippen LogP contribution is -2.42. The molecule has 1 aromatic rings. The molecule has 1 aliphatic carbocycles. The van der Waals surface area contributed by atoms with Crippen molar-refractivity contribution in [2.24, 2.45) is 0 Å². The number of imidazole rings is 1. The number of amides is 1. The Balaban J connectivity index is 1.56. The van der Waals surface area contributed by atoms with E-state index in [1.165, 1.54) is 25.6 Å². The third-order valence-electron chi connectivity index (χ3n) is 5.82. The minimum atomic E-state index is 0.0787. The molecule has 0 unspecified atom stereocenters. The van der Waals surface area contributed by atoms with Crippen LogP contribution in [0.25, 0.3) is 11.5 Å². The van der Waals surface area contributed by atoms with Crippen molar-refractivity contribution in [2.75, 3.05) is 13.7 Å². The van der Waals surface area contributed by atoms with Crippen LogP contribution in [0.3, 0.4) is 0 Å². The predicted molar refractivity (Wildman–Crippen MR) is 115 cm³/mol. The summed E-state index contributed by atoms with van der Waals surface area (Å²) >= 11 is 0. The van der Waals surface area contributed by atoms with E-state index in [9.17, 15) is 4.79 Å². The highest BCUT2D eigenvalue weighted by Gasteiger charge is 2.27. The van der Waals surface area contributed by atoms with E-state index in [2.05, 4.69) is 26.8 Å². The molecule has 0 radical (unpaired) electrons. The van der Waals surface area contributed by atoms with Gasteiger partial charge in [-0.3, -0.25) is 4.79 Å². The van der Waals surface area contributed by atoms with E-state index < -0.39 is 0 Å². The number of fused-ring (bicyclic) bond motifs is 1. The van der Waals surface area contributed by atoms with Gasteiger partial charge in [-0.05, 0) is 37.0 Å². The summed E-state index contributed by atoms with van der Waals surface area (Å²) in [6, 6.07) is 6.19. The SMILES string of the molecule is CCCN(C(=O)c1ccc(Cn2cnc3ncnc-3c2)cc1OC)C1CCCCC1. The average Bonchev–Trinajstić information content (AvgIpc) is 3.25. The van der Waals surface area contributed by atoms with Crippen molar-refractivity contribution < 1.29 is 9.53 Å². The number of carbonyl (C=O) groups excluding carboxylic acids is 1. The Morgan fingerprint density at radius 2 is 2.03 bits per heavy atom. The first-order valence-electron chi connectivity index (χ1n) is 10.8. The molecule has 0 atom stereocenters. The van der Waals surface area contributed by atoms with Gasteiger partial charge in [0.05, 0.1) is 19.0 Å². The molecule has 0 spiro atoms. The van der Waals surface area contributed by atoms with E-state index in [4.69, 9.17) is 4.74 Å². The van der Waals surface area contributed by atoms with Crippen LogP contribution < -0.4 is 4.74 Å². The lowest BCUT2D eigenvalue weighted by Gasteiger charge is -2.34. The molecule has 3 aliphatic rings. The summed E-state index contributed by atoms with van der Waals surface area (Å²) in [5.74, 6) is 1.34. The molecular formula is C23H29N5O2. The predicted octanol–water partition coefficient (Wildman–Crippen LogP) is 4.02. The third-order valence-corrected chi connectivity index (χ3v) is 5.82. The van der Waals surface area contributed by atoms with E-state index >= 15 is 0 Å². The summed E-state index contributed by atoms with van der Waals surface area (Å²) in [5.41, 5.74) is 2.44. The number of aromatic nitrogens is 4. The Morgan fingerprint density at radius 1 is 1.20 bits per heavy atom. The second-order valence-corrected chi connectivity index (χ2v) is 7.95. The molecule has 7 nitrogen and oxygen atoms in total. The van der Waals surface area contributed by atoms with Crippen LogP contribution in [0.2, 0.25) is 0 Å². The highest BCUT2D eigenvalue weighted by atomic mass is 16.5. The third kappa shape index (κ3) is 4.30. The minimum Gasteiger partial charge on any atom is -0.496 e. The lowest BCUT2D eigenvalue weighted by molar-refractivity contribution is 0.0631. The van der Waals surface area contributed by atoms with Crippen LogP contribution in [0.1, 0.15) is 61.4 Å². The largest absolute Gasteiger partial charge is 0.496 e. The summed E-state index contributed by atoms with van der Waals surface area (Å²) in [6.45, 7) is 3.53. The molecule has 30 heavy (non-hydrogen) atoms. The van der Waals surface area contributed by atoms with Crippen LogP contribution in [0.5, 0.6) is 5.75 Å². The molecule has 2 heterocycles. The first kappa shape index (κ1) is 20.3. The molecule has 158 valence electrons. The first-order valence-corrected chi connectivity index (χ1v) is 10.8. The fourth-order valence-electron chi connectivity index (χ4n) is 4.33. The topological polar surface area (TPSA) is 73.1 Å². The van der Waals surface area contributed by atoms with Gasteiger partial charge in [0.25, 0.3) is 5.91 Å². The maximum atomic E-state index is 13.4. The van der Waals surface area contributed by atoms with Gasteiger partial charge in [-0.25, -0.2) is 15.0 Å². The monoisotopic (exact) mass is 407 g/mol. The number of carbonyl (C=O) groups is 1. The van der Waals surface area contributed by atoms with Crippen molar-refractivity contribution in [1.29, 1.82) is 0 Å². The summed E-state index contributed by atoms with van der Waals surface area (Å²) in [6.07, 6.45) is 12.0. The molecule has 0 aromatic heterocycles. The molecule has 1 aromatic carbocycles. The summed E-state index contributed by atoms with van der Waals surface area (Å²) in [5, 5.41) is 0. The van der Waals surface area contributed by atoms with E-state index in [1.807, 2.05) is 29.0 Å². The molecule has 1 amide bonds. The van der Waals surface area contributed by atoms with Crippen LogP contribution in [0.4, 0.5) is 0 Å². The fourth-order valence-corrected chi connectivity index (χ4v) is 4.33. The van der Waals surface area contributed by atoms with Gasteiger partial charge in [0, 0.05) is 25.3 Å². The number of methoxy groups -OCH3 is 1. The molecule has 0 saturated heterocycles. The van der Waals surface area contributed by atoms with E-state index in [0.717, 1.165) is 37.1 Å². The summed E-state index contributed by atoms with van der Waals surface area (Å²) < 4.78 is 7.58. The lowest BCUT2D eigenvalue weighted by atomic mass is 9.93. The average molecular weight is 408 g/mol. The van der Waals surface area contributed by atoms with Gasteiger partial charge < -0.3 is 14.2 Å². The van der Waals surface area contributed by atoms with E-state index in [0.29, 0.717) is 29.7 Å². The molecule has 7 heteroatoms. The molecule has 0 N–H and O–H groups in total. The van der Waals surface area contributed by atoms with Crippen molar-refractivity contribution in [2.45, 2.75) is 58.0 Å². The van der Waals surface area contributed by atoms with E-state index in [1.54, 1.807) is 13.4 Å². The summed E-state index contributed by atoms with van der Waals surface area (Å²) in [7, 11) is 1.63. The number of hydrogen-bond donors (Lipinski definition) is 0. The van der Waals surface area contributed by atoms with Crippen molar-refractivity contribution in [3.8, 4) is 17.3 Å². The molecule has 1 saturated carbocycles. The van der Waals surface area contributed by atoms with Crippen molar-refractivity contribution in [1.82, 2.24) is 24.4 Å². The van der Waals surface area contributed by atoms with Crippen LogP contribution in [-0.2, 0) is 6.54 Å². The Bertz CT molecular complexity index is 964. The number of nitrogens with zero attached hydrogens (tertiary/aromatic N) is 5. The molecular weight excluding hydrogens is 378 g/mol. The zero-order valence-corrected chi connectivity index (χ0v) is 17.8. The standard InChI is InChI=1S/C23H29N5O2/c1-3-11-28(18-7-5-4-6-8-18)23(29)19-10-9-17(12-21(19)30-2)13-27-14-20-22(26-16-27)25-15-24-20/h9-10,12,14-16,18H,3-8,11,13H2,1-2H3. The van der Waals surface area contributed by atoms with Gasteiger partial charge >= 0.3 is 0 Å². The smallest absolute Gasteiger partial charge is 0.257 e. The van der Waals surface area contributed by atoms with Gasteiger partial charge in [-0.1, -0.05) is 32.3 Å². The Kier molecular flexibility index (Phi) is 6.26. The number of hydrogen-bond acceptors (Lipinski definition) is 5. The zero-order chi connectivity index (χ0) is 20.9. The Hall–Kier alpha value is -2.96. The van der Waals surface area contributed by atoms with Gasteiger partial charge in [0.15, 0.2) is 5.82 Å². The van der Waals surface area contributed by atoms with Gasteiger partial charge in [0.1, 0.15) is 17.8 Å². The van der Waals surface area contributed by atoms with Gasteiger partial charge in [0.2, 0.25) is 0 Å². The highest BCUT2D eigenvalue weighted by molar-refractivity contribution is 5.97. The van der Waals surface area contributed by atoms with Crippen LogP contribution >= 0.6 is 0 Å². The van der Waals surface area contributed by atoms with Crippen molar-refractivity contribution >= 4 is 5.91 Å². The van der Waals surface area contributed by atoms with Gasteiger partial charge in [-0.15, -0.1) is 0 Å². The Labute approximate surface area is 177 Å². The number of rotatable bonds is 7. The molecule has 2 aliphatic heterocycles. The summed E-state index contributed by atoms with van der Waals surface area (Å²) in [4.78, 5) is 28.1. The second-order valence-electron chi connectivity index (χ2n) is 7.95. The highest BCUT2D eigenvalue weighted by Crippen LogP contribution is 2.28. The maximum absolute atomic E-state index is 13.4. The van der Waals surface area contributed by atoms with Crippen LogP contribution in [0, 0.1) is 0 Å².